The first kappa shape index (κ1) is 13.7. The van der Waals surface area contributed by atoms with Gasteiger partial charge in [-0.05, 0) is 12.8 Å². The van der Waals surface area contributed by atoms with Gasteiger partial charge < -0.3 is 10.1 Å². The van der Waals surface area contributed by atoms with Crippen LogP contribution in [0.15, 0.2) is 12.4 Å². The van der Waals surface area contributed by atoms with Gasteiger partial charge in [0.15, 0.2) is 0 Å². The van der Waals surface area contributed by atoms with E-state index >= 15 is 0 Å². The summed E-state index contributed by atoms with van der Waals surface area (Å²) in [6, 6.07) is 0. The van der Waals surface area contributed by atoms with Crippen LogP contribution in [0.1, 0.15) is 46.0 Å². The van der Waals surface area contributed by atoms with Gasteiger partial charge in [-0.3, -0.25) is 4.98 Å². The molecule has 0 aliphatic carbocycles. The van der Waals surface area contributed by atoms with E-state index in [2.05, 4.69) is 29.1 Å². The maximum Gasteiger partial charge on any atom is 0.234 e. The number of nitrogens with zero attached hydrogens (tertiary/aromatic N) is 2. The fourth-order valence-corrected chi connectivity index (χ4v) is 1.46. The predicted octanol–water partition coefficient (Wildman–Crippen LogP) is 3.26. The number of unbranched alkanes of at least 4 members (excludes halogenated alkanes) is 3. The maximum atomic E-state index is 5.56. The summed E-state index contributed by atoms with van der Waals surface area (Å²) >= 11 is 0. The van der Waals surface area contributed by atoms with Crippen molar-refractivity contribution in [3.05, 3.63) is 12.4 Å². The third-order valence-corrected chi connectivity index (χ3v) is 2.42. The van der Waals surface area contributed by atoms with Gasteiger partial charge in [0.05, 0.1) is 19.0 Å². The van der Waals surface area contributed by atoms with Crippen molar-refractivity contribution < 1.29 is 4.74 Å². The summed E-state index contributed by atoms with van der Waals surface area (Å²) in [6.07, 6.45) is 9.28. The Morgan fingerprint density at radius 3 is 2.76 bits per heavy atom. The van der Waals surface area contributed by atoms with Crippen LogP contribution in [0.5, 0.6) is 5.88 Å². The molecule has 0 aromatic carbocycles. The molecule has 1 rings (SSSR count). The number of ether oxygens (including phenoxy) is 1. The highest BCUT2D eigenvalue weighted by Gasteiger charge is 1.98. The van der Waals surface area contributed by atoms with Gasteiger partial charge in [-0.25, -0.2) is 0 Å². The molecule has 1 heterocycles. The van der Waals surface area contributed by atoms with Crippen LogP contribution < -0.4 is 10.1 Å². The highest BCUT2D eigenvalue weighted by Crippen LogP contribution is 2.10. The van der Waals surface area contributed by atoms with E-state index in [1.807, 2.05) is 0 Å². The largest absolute Gasteiger partial charge is 0.477 e. The summed E-state index contributed by atoms with van der Waals surface area (Å²) in [6.45, 7) is 5.96. The van der Waals surface area contributed by atoms with E-state index in [0.29, 0.717) is 5.88 Å². The lowest BCUT2D eigenvalue weighted by molar-refractivity contribution is 0.293. The molecule has 1 N–H and O–H groups in total. The summed E-state index contributed by atoms with van der Waals surface area (Å²) in [5.41, 5.74) is 0. The third kappa shape index (κ3) is 6.09. The molecule has 1 aromatic rings. The molecule has 0 spiro atoms. The van der Waals surface area contributed by atoms with Gasteiger partial charge in [0.1, 0.15) is 5.82 Å². The van der Waals surface area contributed by atoms with Crippen molar-refractivity contribution in [2.75, 3.05) is 18.5 Å². The molecular formula is C13H23N3O. The molecule has 0 unspecified atom stereocenters. The van der Waals surface area contributed by atoms with Crippen LogP contribution >= 0.6 is 0 Å². The summed E-state index contributed by atoms with van der Waals surface area (Å²) < 4.78 is 5.56. The van der Waals surface area contributed by atoms with Crippen molar-refractivity contribution in [2.24, 2.45) is 0 Å². The van der Waals surface area contributed by atoms with Crippen LogP contribution in [0.2, 0.25) is 0 Å². The molecule has 17 heavy (non-hydrogen) atoms. The quantitative estimate of drug-likeness (QED) is 0.670. The lowest BCUT2D eigenvalue weighted by Gasteiger charge is -2.07. The monoisotopic (exact) mass is 237 g/mol. The number of rotatable bonds is 9. The van der Waals surface area contributed by atoms with Gasteiger partial charge in [-0.1, -0.05) is 33.1 Å². The molecule has 0 radical (unpaired) electrons. The first-order valence-corrected chi connectivity index (χ1v) is 6.55. The molecule has 0 atom stereocenters. The molecule has 0 aliphatic rings. The molecule has 0 amide bonds. The van der Waals surface area contributed by atoms with Gasteiger partial charge >= 0.3 is 0 Å². The van der Waals surface area contributed by atoms with E-state index in [-0.39, 0.29) is 0 Å². The molecule has 0 bridgehead atoms. The van der Waals surface area contributed by atoms with E-state index < -0.39 is 0 Å². The second-order valence-corrected chi connectivity index (χ2v) is 4.08. The lowest BCUT2D eigenvalue weighted by Crippen LogP contribution is -2.05. The molecule has 4 nitrogen and oxygen atoms in total. The van der Waals surface area contributed by atoms with Gasteiger partial charge in [0.2, 0.25) is 5.88 Å². The van der Waals surface area contributed by atoms with Crippen LogP contribution in [0.3, 0.4) is 0 Å². The topological polar surface area (TPSA) is 47.0 Å². The number of aromatic nitrogens is 2. The molecular weight excluding hydrogens is 214 g/mol. The van der Waals surface area contributed by atoms with Crippen molar-refractivity contribution in [3.63, 3.8) is 0 Å². The molecule has 0 saturated carbocycles. The van der Waals surface area contributed by atoms with Crippen molar-refractivity contribution in [1.82, 2.24) is 9.97 Å². The average molecular weight is 237 g/mol. The van der Waals surface area contributed by atoms with Gasteiger partial charge in [0, 0.05) is 6.54 Å². The molecule has 4 heteroatoms. The number of hydrogen-bond acceptors (Lipinski definition) is 4. The number of nitrogens with one attached hydrogen (secondary N) is 1. The highest BCUT2D eigenvalue weighted by atomic mass is 16.5. The Morgan fingerprint density at radius 2 is 2.00 bits per heavy atom. The van der Waals surface area contributed by atoms with Crippen LogP contribution in [-0.4, -0.2) is 23.1 Å². The van der Waals surface area contributed by atoms with Crippen molar-refractivity contribution >= 4 is 5.82 Å². The van der Waals surface area contributed by atoms with Crippen LogP contribution in [0, 0.1) is 0 Å². The zero-order valence-electron chi connectivity index (χ0n) is 10.9. The lowest BCUT2D eigenvalue weighted by atomic mass is 10.2. The normalized spacial score (nSPS) is 10.2. The van der Waals surface area contributed by atoms with Crippen molar-refractivity contribution in [1.29, 1.82) is 0 Å². The Hall–Kier alpha value is -1.32. The van der Waals surface area contributed by atoms with E-state index in [9.17, 15) is 0 Å². The fraction of sp³-hybridized carbons (Fsp3) is 0.692. The van der Waals surface area contributed by atoms with E-state index in [1.165, 1.54) is 19.3 Å². The van der Waals surface area contributed by atoms with E-state index in [0.717, 1.165) is 31.8 Å². The molecule has 1 aromatic heterocycles. The minimum absolute atomic E-state index is 0.614. The Morgan fingerprint density at radius 1 is 1.12 bits per heavy atom. The zero-order chi connectivity index (χ0) is 12.3. The van der Waals surface area contributed by atoms with Gasteiger partial charge in [-0.15, -0.1) is 0 Å². The molecule has 0 aliphatic heterocycles. The molecule has 96 valence electrons. The standard InChI is InChI=1S/C13H23N3O/c1-3-5-6-7-9-17-13-11-14-10-12(16-13)15-8-4-2/h10-11H,3-9H2,1-2H3,(H,15,16). The Balaban J connectivity index is 2.27. The van der Waals surface area contributed by atoms with Gasteiger partial charge in [-0.2, -0.15) is 4.98 Å². The fourth-order valence-electron chi connectivity index (χ4n) is 1.46. The first-order valence-electron chi connectivity index (χ1n) is 6.55. The smallest absolute Gasteiger partial charge is 0.234 e. The second-order valence-electron chi connectivity index (χ2n) is 4.08. The summed E-state index contributed by atoms with van der Waals surface area (Å²) in [4.78, 5) is 8.43. The average Bonchev–Trinajstić information content (AvgIpc) is 2.37. The Kier molecular flexibility index (Phi) is 7.11. The molecule has 0 saturated heterocycles. The van der Waals surface area contributed by atoms with Gasteiger partial charge in [0.25, 0.3) is 0 Å². The third-order valence-electron chi connectivity index (χ3n) is 2.42. The summed E-state index contributed by atoms with van der Waals surface area (Å²) in [5, 5.41) is 3.19. The Labute approximate surface area is 104 Å². The van der Waals surface area contributed by atoms with Crippen LogP contribution in [0.4, 0.5) is 5.82 Å². The predicted molar refractivity (Wildman–Crippen MR) is 70.4 cm³/mol. The van der Waals surface area contributed by atoms with Crippen molar-refractivity contribution in [3.8, 4) is 5.88 Å². The zero-order valence-corrected chi connectivity index (χ0v) is 10.9. The van der Waals surface area contributed by atoms with Crippen LogP contribution in [-0.2, 0) is 0 Å². The number of hydrogen-bond donors (Lipinski definition) is 1. The first-order chi connectivity index (χ1) is 8.36. The summed E-state index contributed by atoms with van der Waals surface area (Å²) in [7, 11) is 0. The minimum atomic E-state index is 0.614. The SMILES string of the molecule is CCCCCCOc1cncc(NCCC)n1. The number of anilines is 1. The second kappa shape index (κ2) is 8.79. The molecule has 0 fully saturated rings. The van der Waals surface area contributed by atoms with E-state index in [1.54, 1.807) is 12.4 Å². The minimum Gasteiger partial charge on any atom is -0.477 e. The van der Waals surface area contributed by atoms with Crippen LogP contribution in [0.25, 0.3) is 0 Å². The van der Waals surface area contributed by atoms with E-state index in [4.69, 9.17) is 4.74 Å². The maximum absolute atomic E-state index is 5.56. The Bertz CT molecular complexity index is 304. The van der Waals surface area contributed by atoms with Crippen molar-refractivity contribution in [2.45, 2.75) is 46.0 Å². The highest BCUT2D eigenvalue weighted by molar-refractivity contribution is 5.32. The summed E-state index contributed by atoms with van der Waals surface area (Å²) in [5.74, 6) is 1.40.